The highest BCUT2D eigenvalue weighted by Gasteiger charge is 2.16. The number of hydrogen-bond donors (Lipinski definition) is 1. The topological polar surface area (TPSA) is 64.3 Å². The molecule has 0 radical (unpaired) electrons. The number of nitriles is 1. The zero-order valence-electron chi connectivity index (χ0n) is 19.6. The zero-order chi connectivity index (χ0) is 25.4. The smallest absolute Gasteiger partial charge is 0.346 e. The Balaban J connectivity index is 1.52. The number of anilines is 3. The van der Waals surface area contributed by atoms with Crippen molar-refractivity contribution >= 4 is 71.4 Å². The second-order valence-corrected chi connectivity index (χ2v) is 9.77. The van der Waals surface area contributed by atoms with E-state index >= 15 is 0 Å². The fourth-order valence-corrected chi connectivity index (χ4v) is 5.91. The summed E-state index contributed by atoms with van der Waals surface area (Å²) in [7, 11) is 0. The normalized spacial score (nSPS) is 11.6. The molecule has 0 spiro atoms. The van der Waals surface area contributed by atoms with E-state index in [1.807, 2.05) is 36.4 Å². The highest BCUT2D eigenvalue weighted by atomic mass is 32.1. The molecule has 1 aromatic heterocycles. The molecule has 0 amide bonds. The summed E-state index contributed by atoms with van der Waals surface area (Å²) in [5.74, 6) is -1.22. The van der Waals surface area contributed by atoms with Gasteiger partial charge >= 0.3 is 5.97 Å². The fraction of sp³-hybridized carbons (Fsp3) is 0. The number of aliphatic carboxylic acids is 1. The van der Waals surface area contributed by atoms with Crippen molar-refractivity contribution in [2.45, 2.75) is 0 Å². The fourth-order valence-electron chi connectivity index (χ4n) is 4.73. The predicted molar refractivity (Wildman–Crippen MR) is 153 cm³/mol. The third-order valence-electron chi connectivity index (χ3n) is 6.42. The summed E-state index contributed by atoms with van der Waals surface area (Å²) in [6.45, 7) is 0. The molecule has 5 heteroatoms. The molecule has 0 bridgehead atoms. The number of benzene rings is 5. The van der Waals surface area contributed by atoms with Gasteiger partial charge in [0.25, 0.3) is 0 Å². The third-order valence-corrected chi connectivity index (χ3v) is 7.54. The second kappa shape index (κ2) is 9.27. The number of rotatable bonds is 5. The standard InChI is InChI=1S/C32H20N2O2S/c33-20-23(32(35)36)17-21-13-15-27-28-16-14-25(19-31(28)37-30(27)18-21)34(24-9-2-1-3-10-24)29-12-6-8-22-7-4-5-11-26(22)29/h1-19H,(H,35,36)/b23-17+. The molecule has 1 heterocycles. The van der Waals surface area contributed by atoms with Gasteiger partial charge in [0.2, 0.25) is 0 Å². The van der Waals surface area contributed by atoms with Crippen molar-refractivity contribution in [1.29, 1.82) is 5.26 Å². The van der Waals surface area contributed by atoms with Gasteiger partial charge in [0.1, 0.15) is 11.6 Å². The lowest BCUT2D eigenvalue weighted by Gasteiger charge is -2.27. The molecule has 0 aliphatic carbocycles. The van der Waals surface area contributed by atoms with Crippen molar-refractivity contribution in [3.05, 3.63) is 120 Å². The first-order valence-corrected chi connectivity index (χ1v) is 12.6. The van der Waals surface area contributed by atoms with Gasteiger partial charge in [-0.05, 0) is 53.4 Å². The largest absolute Gasteiger partial charge is 0.477 e. The van der Waals surface area contributed by atoms with E-state index in [1.165, 1.54) is 16.8 Å². The van der Waals surface area contributed by atoms with Crippen LogP contribution in [-0.4, -0.2) is 11.1 Å². The van der Waals surface area contributed by atoms with Crippen molar-refractivity contribution in [2.24, 2.45) is 0 Å². The molecule has 6 aromatic rings. The molecule has 0 aliphatic heterocycles. The minimum absolute atomic E-state index is 0.281. The maximum atomic E-state index is 11.3. The Labute approximate surface area is 217 Å². The Morgan fingerprint density at radius 3 is 2.24 bits per heavy atom. The van der Waals surface area contributed by atoms with E-state index in [0.717, 1.165) is 37.2 Å². The van der Waals surface area contributed by atoms with E-state index in [4.69, 9.17) is 5.26 Å². The van der Waals surface area contributed by atoms with Gasteiger partial charge in [-0.2, -0.15) is 5.26 Å². The van der Waals surface area contributed by atoms with Crippen LogP contribution in [0.15, 0.2) is 115 Å². The van der Waals surface area contributed by atoms with Crippen LogP contribution in [0.3, 0.4) is 0 Å². The minimum Gasteiger partial charge on any atom is -0.477 e. The lowest BCUT2D eigenvalue weighted by Crippen LogP contribution is -2.10. The molecule has 0 saturated heterocycles. The van der Waals surface area contributed by atoms with Crippen molar-refractivity contribution in [3.63, 3.8) is 0 Å². The van der Waals surface area contributed by atoms with E-state index in [0.29, 0.717) is 5.56 Å². The van der Waals surface area contributed by atoms with Gasteiger partial charge in [0, 0.05) is 36.9 Å². The minimum atomic E-state index is -1.22. The molecule has 176 valence electrons. The zero-order valence-corrected chi connectivity index (χ0v) is 20.4. The lowest BCUT2D eigenvalue weighted by molar-refractivity contribution is -0.132. The molecule has 0 saturated carbocycles. The Kier molecular flexibility index (Phi) is 5.65. The van der Waals surface area contributed by atoms with Crippen molar-refractivity contribution in [3.8, 4) is 6.07 Å². The third kappa shape index (κ3) is 4.10. The van der Waals surface area contributed by atoms with Crippen LogP contribution in [0.2, 0.25) is 0 Å². The van der Waals surface area contributed by atoms with Crippen LogP contribution in [0.1, 0.15) is 5.56 Å². The summed E-state index contributed by atoms with van der Waals surface area (Å²) in [5, 5.41) is 22.9. The van der Waals surface area contributed by atoms with Gasteiger partial charge in [0.15, 0.2) is 0 Å². The number of thiophene rings is 1. The van der Waals surface area contributed by atoms with Crippen LogP contribution in [0.4, 0.5) is 17.1 Å². The Hall–Kier alpha value is -4.92. The molecule has 4 nitrogen and oxygen atoms in total. The predicted octanol–water partition coefficient (Wildman–Crippen LogP) is 8.67. The number of para-hydroxylation sites is 1. The molecule has 37 heavy (non-hydrogen) atoms. The summed E-state index contributed by atoms with van der Waals surface area (Å²) >= 11 is 1.66. The Morgan fingerprint density at radius 1 is 0.757 bits per heavy atom. The summed E-state index contributed by atoms with van der Waals surface area (Å²) in [6, 6.07) is 39.2. The van der Waals surface area contributed by atoms with Gasteiger partial charge in [-0.25, -0.2) is 4.79 Å². The van der Waals surface area contributed by atoms with Crippen molar-refractivity contribution < 1.29 is 9.90 Å². The van der Waals surface area contributed by atoms with Crippen LogP contribution in [0.25, 0.3) is 37.0 Å². The first-order valence-electron chi connectivity index (χ1n) is 11.8. The number of carboxylic acids is 1. The van der Waals surface area contributed by atoms with Crippen LogP contribution in [-0.2, 0) is 4.79 Å². The second-order valence-electron chi connectivity index (χ2n) is 8.68. The van der Waals surface area contributed by atoms with Crippen LogP contribution in [0.5, 0.6) is 0 Å². The first kappa shape index (κ1) is 22.5. The number of hydrogen-bond acceptors (Lipinski definition) is 4. The SMILES string of the molecule is N#C/C(=C\c1ccc2c(c1)sc1cc(N(c3ccccc3)c3cccc4ccccc34)ccc12)C(=O)O. The van der Waals surface area contributed by atoms with Crippen LogP contribution in [0, 0.1) is 11.3 Å². The maximum Gasteiger partial charge on any atom is 0.346 e. The van der Waals surface area contributed by atoms with Crippen molar-refractivity contribution in [2.75, 3.05) is 4.90 Å². The van der Waals surface area contributed by atoms with Gasteiger partial charge in [-0.15, -0.1) is 11.3 Å². The number of carboxylic acid groups (broad SMARTS) is 1. The number of nitrogens with zero attached hydrogens (tertiary/aromatic N) is 2. The molecule has 5 aromatic carbocycles. The van der Waals surface area contributed by atoms with Crippen molar-refractivity contribution in [1.82, 2.24) is 0 Å². The Bertz CT molecular complexity index is 1880. The van der Waals surface area contributed by atoms with Gasteiger partial charge in [-0.1, -0.05) is 72.8 Å². The summed E-state index contributed by atoms with van der Waals surface area (Å²) in [4.78, 5) is 13.5. The van der Waals surface area contributed by atoms with Gasteiger partial charge in [-0.3, -0.25) is 0 Å². The molecule has 0 aliphatic rings. The van der Waals surface area contributed by atoms with E-state index in [-0.39, 0.29) is 5.57 Å². The van der Waals surface area contributed by atoms with Gasteiger partial charge in [0.05, 0.1) is 5.69 Å². The maximum absolute atomic E-state index is 11.3. The van der Waals surface area contributed by atoms with Gasteiger partial charge < -0.3 is 10.0 Å². The highest BCUT2D eigenvalue weighted by molar-refractivity contribution is 7.25. The molecule has 6 rings (SSSR count). The molecular weight excluding hydrogens is 476 g/mol. The molecule has 0 fully saturated rings. The molecule has 1 N–H and O–H groups in total. The Morgan fingerprint density at radius 2 is 1.46 bits per heavy atom. The van der Waals surface area contributed by atoms with Crippen LogP contribution >= 0.6 is 11.3 Å². The first-order chi connectivity index (χ1) is 18.1. The van der Waals surface area contributed by atoms with Crippen LogP contribution < -0.4 is 4.90 Å². The average molecular weight is 497 g/mol. The lowest BCUT2D eigenvalue weighted by atomic mass is 10.1. The monoisotopic (exact) mass is 496 g/mol. The van der Waals surface area contributed by atoms with E-state index < -0.39 is 5.97 Å². The van der Waals surface area contributed by atoms with E-state index in [9.17, 15) is 9.90 Å². The quantitative estimate of drug-likeness (QED) is 0.192. The number of carbonyl (C=O) groups is 1. The summed E-state index contributed by atoms with van der Waals surface area (Å²) in [5.41, 5.74) is 3.65. The molecule has 0 unspecified atom stereocenters. The highest BCUT2D eigenvalue weighted by Crippen LogP contribution is 2.42. The number of fused-ring (bicyclic) bond motifs is 4. The molecule has 0 atom stereocenters. The summed E-state index contributed by atoms with van der Waals surface area (Å²) in [6.07, 6.45) is 1.41. The van der Waals surface area contributed by atoms with E-state index in [1.54, 1.807) is 17.4 Å². The van der Waals surface area contributed by atoms with E-state index in [2.05, 4.69) is 77.7 Å². The summed E-state index contributed by atoms with van der Waals surface area (Å²) < 4.78 is 2.17. The average Bonchev–Trinajstić information content (AvgIpc) is 3.29. The molecular formula is C32H20N2O2S.